The minimum Gasteiger partial charge on any atom is -0.352 e. The number of nitrogens with one attached hydrogen (secondary N) is 1. The van der Waals surface area contributed by atoms with Gasteiger partial charge in [0.05, 0.1) is 0 Å². The number of hydrogen-bond acceptors (Lipinski definition) is 3. The van der Waals surface area contributed by atoms with Crippen LogP contribution in [-0.4, -0.2) is 43.5 Å². The van der Waals surface area contributed by atoms with Gasteiger partial charge in [-0.1, -0.05) is 13.3 Å². The van der Waals surface area contributed by atoms with Crippen molar-refractivity contribution in [1.29, 1.82) is 0 Å². The van der Waals surface area contributed by atoms with Crippen molar-refractivity contribution >= 4 is 5.91 Å². The van der Waals surface area contributed by atoms with Gasteiger partial charge in [-0.15, -0.1) is 0 Å². The van der Waals surface area contributed by atoms with Crippen LogP contribution in [0.3, 0.4) is 0 Å². The third-order valence-electron chi connectivity index (χ3n) is 2.15. The van der Waals surface area contributed by atoms with Crippen LogP contribution < -0.4 is 11.1 Å². The SMILES string of the molecule is CCCC(N)CC(=O)NC(C)CN(C)C. The smallest absolute Gasteiger partial charge is 0.221 e. The molecule has 15 heavy (non-hydrogen) atoms. The van der Waals surface area contributed by atoms with E-state index >= 15 is 0 Å². The van der Waals surface area contributed by atoms with Crippen LogP contribution in [0.15, 0.2) is 0 Å². The molecule has 0 aliphatic heterocycles. The summed E-state index contributed by atoms with van der Waals surface area (Å²) in [6.07, 6.45) is 2.38. The van der Waals surface area contributed by atoms with E-state index in [1.165, 1.54) is 0 Å². The highest BCUT2D eigenvalue weighted by molar-refractivity contribution is 5.76. The maximum absolute atomic E-state index is 11.5. The molecule has 3 N–H and O–H groups in total. The highest BCUT2D eigenvalue weighted by atomic mass is 16.1. The molecule has 0 bridgehead atoms. The van der Waals surface area contributed by atoms with E-state index in [1.54, 1.807) is 0 Å². The van der Waals surface area contributed by atoms with E-state index in [9.17, 15) is 4.79 Å². The first-order chi connectivity index (χ1) is 6.95. The minimum absolute atomic E-state index is 0.00144. The molecular formula is C11H25N3O. The molecule has 0 fully saturated rings. The molecule has 2 unspecified atom stereocenters. The van der Waals surface area contributed by atoms with E-state index in [-0.39, 0.29) is 18.0 Å². The van der Waals surface area contributed by atoms with Crippen LogP contribution >= 0.6 is 0 Å². The molecule has 0 aliphatic rings. The van der Waals surface area contributed by atoms with Crippen LogP contribution in [0.25, 0.3) is 0 Å². The molecule has 0 aromatic rings. The molecule has 4 heteroatoms. The van der Waals surface area contributed by atoms with E-state index in [4.69, 9.17) is 5.73 Å². The Balaban J connectivity index is 3.72. The summed E-state index contributed by atoms with van der Waals surface area (Å²) in [6, 6.07) is 0.183. The van der Waals surface area contributed by atoms with Gasteiger partial charge in [0.15, 0.2) is 0 Å². The zero-order valence-electron chi connectivity index (χ0n) is 10.4. The largest absolute Gasteiger partial charge is 0.352 e. The van der Waals surface area contributed by atoms with Gasteiger partial charge in [-0.2, -0.15) is 0 Å². The van der Waals surface area contributed by atoms with Gasteiger partial charge in [0, 0.05) is 25.0 Å². The first-order valence-electron chi connectivity index (χ1n) is 5.65. The van der Waals surface area contributed by atoms with Gasteiger partial charge in [-0.05, 0) is 27.4 Å². The number of nitrogens with zero attached hydrogens (tertiary/aromatic N) is 1. The normalized spacial score (nSPS) is 15.1. The fourth-order valence-corrected chi connectivity index (χ4v) is 1.64. The van der Waals surface area contributed by atoms with Gasteiger partial charge in [-0.25, -0.2) is 0 Å². The quantitative estimate of drug-likeness (QED) is 0.653. The first-order valence-corrected chi connectivity index (χ1v) is 5.65. The number of carbonyl (C=O) groups is 1. The van der Waals surface area contributed by atoms with Crippen LogP contribution in [0.5, 0.6) is 0 Å². The van der Waals surface area contributed by atoms with E-state index < -0.39 is 0 Å². The molecule has 0 spiro atoms. The molecular weight excluding hydrogens is 190 g/mol. The molecule has 0 rings (SSSR count). The van der Waals surface area contributed by atoms with Crippen molar-refractivity contribution < 1.29 is 4.79 Å². The average Bonchev–Trinajstić information content (AvgIpc) is 2.00. The number of amides is 1. The van der Waals surface area contributed by atoms with E-state index in [0.717, 1.165) is 19.4 Å². The lowest BCUT2D eigenvalue weighted by Crippen LogP contribution is -2.41. The summed E-state index contributed by atoms with van der Waals surface area (Å²) < 4.78 is 0. The third kappa shape index (κ3) is 8.39. The summed E-state index contributed by atoms with van der Waals surface area (Å²) in [4.78, 5) is 13.6. The molecule has 0 saturated heterocycles. The second-order valence-corrected chi connectivity index (χ2v) is 4.48. The molecule has 0 heterocycles. The van der Waals surface area contributed by atoms with Crippen molar-refractivity contribution in [3.63, 3.8) is 0 Å². The lowest BCUT2D eigenvalue weighted by Gasteiger charge is -2.19. The highest BCUT2D eigenvalue weighted by Gasteiger charge is 2.11. The Bertz CT molecular complexity index is 183. The number of nitrogens with two attached hydrogens (primary N) is 1. The Morgan fingerprint density at radius 1 is 1.47 bits per heavy atom. The van der Waals surface area contributed by atoms with Gasteiger partial charge in [0.1, 0.15) is 0 Å². The van der Waals surface area contributed by atoms with E-state index in [0.29, 0.717) is 6.42 Å². The van der Waals surface area contributed by atoms with Gasteiger partial charge < -0.3 is 16.0 Å². The Morgan fingerprint density at radius 3 is 2.53 bits per heavy atom. The Labute approximate surface area is 93.2 Å². The van der Waals surface area contributed by atoms with Crippen molar-refractivity contribution in [1.82, 2.24) is 10.2 Å². The monoisotopic (exact) mass is 215 g/mol. The Hall–Kier alpha value is -0.610. The lowest BCUT2D eigenvalue weighted by molar-refractivity contribution is -0.122. The van der Waals surface area contributed by atoms with E-state index in [2.05, 4.69) is 17.1 Å². The fraction of sp³-hybridized carbons (Fsp3) is 0.909. The second kappa shape index (κ2) is 7.65. The van der Waals surface area contributed by atoms with Crippen LogP contribution in [0.2, 0.25) is 0 Å². The van der Waals surface area contributed by atoms with Crippen molar-refractivity contribution in [3.05, 3.63) is 0 Å². The number of carbonyl (C=O) groups excluding carboxylic acids is 1. The molecule has 0 aromatic carbocycles. The zero-order valence-corrected chi connectivity index (χ0v) is 10.4. The predicted octanol–water partition coefficient (Wildman–Crippen LogP) is 0.570. The second-order valence-electron chi connectivity index (χ2n) is 4.48. The predicted molar refractivity (Wildman–Crippen MR) is 63.7 cm³/mol. The van der Waals surface area contributed by atoms with Crippen LogP contribution in [-0.2, 0) is 4.79 Å². The first kappa shape index (κ1) is 14.4. The summed E-state index contributed by atoms with van der Waals surface area (Å²) in [5.41, 5.74) is 5.79. The molecule has 0 aromatic heterocycles. The van der Waals surface area contributed by atoms with Gasteiger partial charge in [0.2, 0.25) is 5.91 Å². The van der Waals surface area contributed by atoms with Crippen LogP contribution in [0.1, 0.15) is 33.1 Å². The maximum atomic E-state index is 11.5. The fourth-order valence-electron chi connectivity index (χ4n) is 1.64. The molecule has 4 nitrogen and oxygen atoms in total. The maximum Gasteiger partial charge on any atom is 0.221 e. The highest BCUT2D eigenvalue weighted by Crippen LogP contribution is 1.98. The Kier molecular flexibility index (Phi) is 7.34. The number of rotatable bonds is 7. The molecule has 0 radical (unpaired) electrons. The summed E-state index contributed by atoms with van der Waals surface area (Å²) in [6.45, 7) is 4.93. The number of hydrogen-bond donors (Lipinski definition) is 2. The topological polar surface area (TPSA) is 58.4 Å². The van der Waals surface area contributed by atoms with Crippen molar-refractivity contribution in [2.45, 2.75) is 45.2 Å². The molecule has 1 amide bonds. The Morgan fingerprint density at radius 2 is 2.07 bits per heavy atom. The van der Waals surface area contributed by atoms with Crippen LogP contribution in [0, 0.1) is 0 Å². The summed E-state index contributed by atoms with van der Waals surface area (Å²) in [5, 5.41) is 2.94. The average molecular weight is 215 g/mol. The zero-order chi connectivity index (χ0) is 11.8. The molecule has 2 atom stereocenters. The van der Waals surface area contributed by atoms with Gasteiger partial charge in [-0.3, -0.25) is 4.79 Å². The molecule has 0 saturated carbocycles. The summed E-state index contributed by atoms with van der Waals surface area (Å²) >= 11 is 0. The van der Waals surface area contributed by atoms with E-state index in [1.807, 2.05) is 21.0 Å². The number of likely N-dealkylation sites (N-methyl/N-ethyl adjacent to an activating group) is 1. The molecule has 90 valence electrons. The van der Waals surface area contributed by atoms with Gasteiger partial charge in [0.25, 0.3) is 0 Å². The molecule has 0 aliphatic carbocycles. The van der Waals surface area contributed by atoms with Crippen molar-refractivity contribution in [2.75, 3.05) is 20.6 Å². The third-order valence-corrected chi connectivity index (χ3v) is 2.15. The standard InChI is InChI=1S/C11H25N3O/c1-5-6-10(12)7-11(15)13-9(2)8-14(3)4/h9-10H,5-8,12H2,1-4H3,(H,13,15). The minimum atomic E-state index is 0.00144. The van der Waals surface area contributed by atoms with Crippen LogP contribution in [0.4, 0.5) is 0 Å². The lowest BCUT2D eigenvalue weighted by atomic mass is 10.1. The van der Waals surface area contributed by atoms with Gasteiger partial charge >= 0.3 is 0 Å². The van der Waals surface area contributed by atoms with Crippen molar-refractivity contribution in [3.8, 4) is 0 Å². The summed E-state index contributed by atoms with van der Waals surface area (Å²) in [7, 11) is 3.98. The summed E-state index contributed by atoms with van der Waals surface area (Å²) in [5.74, 6) is 0.0605. The van der Waals surface area contributed by atoms with Crippen molar-refractivity contribution in [2.24, 2.45) is 5.73 Å².